The number of thioether (sulfide) groups is 1. The van der Waals surface area contributed by atoms with Crippen molar-refractivity contribution < 1.29 is 24.1 Å². The van der Waals surface area contributed by atoms with Gasteiger partial charge in [-0.3, -0.25) is 4.57 Å². The third-order valence-electron chi connectivity index (χ3n) is 3.92. The summed E-state index contributed by atoms with van der Waals surface area (Å²) in [4.78, 5) is 15.7. The molecular weight excluding hydrogens is 397 g/mol. The fourth-order valence-corrected chi connectivity index (χ4v) is 6.38. The first-order valence-electron chi connectivity index (χ1n) is 9.69. The van der Waals surface area contributed by atoms with Crippen molar-refractivity contribution in [1.82, 2.24) is 4.98 Å². The minimum atomic E-state index is -2.97. The van der Waals surface area contributed by atoms with E-state index in [2.05, 4.69) is 4.98 Å². The lowest BCUT2D eigenvalue weighted by Gasteiger charge is -2.20. The van der Waals surface area contributed by atoms with Crippen molar-refractivity contribution in [3.05, 3.63) is 30.0 Å². The van der Waals surface area contributed by atoms with Crippen molar-refractivity contribution in [2.24, 2.45) is 5.92 Å². The zero-order valence-electron chi connectivity index (χ0n) is 17.0. The summed E-state index contributed by atoms with van der Waals surface area (Å²) in [5, 5.41) is 19.8. The van der Waals surface area contributed by atoms with E-state index in [1.54, 1.807) is 31.3 Å². The molecule has 0 saturated carbocycles. The number of allylic oxidation sites excluding steroid dienone is 1. The lowest BCUT2D eigenvalue weighted by Crippen LogP contribution is -2.12. The van der Waals surface area contributed by atoms with Gasteiger partial charge in [0.25, 0.3) is 0 Å². The molecule has 8 heteroatoms. The zero-order valence-corrected chi connectivity index (χ0v) is 18.7. The standard InChI is InChI=1S/C20H32NO5PS/c1-4-26-27(25,14-16(2)3)15-17(20(23)24)10-7-5-6-8-13-28-19-18(22)11-9-12-21-19/h9-12,16,22H,4-8,13-15H2,1-3H3,(H,23,24). The molecular formula is C20H32NO5PS. The SMILES string of the molecule is CCOP(=O)(CC(=CCCCCCSc1ncccc1O)C(=O)O)CC(C)C. The second-order valence-corrected chi connectivity index (χ2v) is 10.7. The first-order chi connectivity index (χ1) is 13.3. The molecule has 1 aromatic heterocycles. The third-order valence-corrected chi connectivity index (χ3v) is 7.84. The van der Waals surface area contributed by atoms with Gasteiger partial charge in [0.05, 0.1) is 12.8 Å². The number of rotatable bonds is 14. The number of pyridine rings is 1. The van der Waals surface area contributed by atoms with Gasteiger partial charge in [0.2, 0.25) is 7.37 Å². The number of hydrogen-bond donors (Lipinski definition) is 2. The van der Waals surface area contributed by atoms with Gasteiger partial charge in [-0.05, 0) is 50.0 Å². The fraction of sp³-hybridized carbons (Fsp3) is 0.600. The van der Waals surface area contributed by atoms with Gasteiger partial charge in [-0.15, -0.1) is 11.8 Å². The molecule has 0 spiro atoms. The van der Waals surface area contributed by atoms with Gasteiger partial charge in [0.15, 0.2) is 0 Å². The lowest BCUT2D eigenvalue weighted by molar-refractivity contribution is -0.132. The van der Waals surface area contributed by atoms with Gasteiger partial charge >= 0.3 is 5.97 Å². The van der Waals surface area contributed by atoms with E-state index in [1.165, 1.54) is 11.8 Å². The maximum absolute atomic E-state index is 12.9. The van der Waals surface area contributed by atoms with Crippen LogP contribution in [0.5, 0.6) is 5.75 Å². The van der Waals surface area contributed by atoms with Crippen molar-refractivity contribution in [2.45, 2.75) is 51.5 Å². The van der Waals surface area contributed by atoms with Crippen LogP contribution in [0.15, 0.2) is 35.0 Å². The molecule has 1 rings (SSSR count). The number of carboxylic acid groups (broad SMARTS) is 1. The molecule has 0 aliphatic rings. The Morgan fingerprint density at radius 2 is 2.11 bits per heavy atom. The molecule has 0 aliphatic heterocycles. The second kappa shape index (κ2) is 13.0. The minimum absolute atomic E-state index is 0.0108. The number of carboxylic acids is 1. The van der Waals surface area contributed by atoms with E-state index in [-0.39, 0.29) is 23.4 Å². The Balaban J connectivity index is 2.44. The van der Waals surface area contributed by atoms with Gasteiger partial charge in [-0.1, -0.05) is 26.3 Å². The average molecular weight is 430 g/mol. The molecule has 1 aromatic rings. The Morgan fingerprint density at radius 1 is 1.36 bits per heavy atom. The lowest BCUT2D eigenvalue weighted by atomic mass is 10.1. The summed E-state index contributed by atoms with van der Waals surface area (Å²) in [6, 6.07) is 3.31. The van der Waals surface area contributed by atoms with Crippen molar-refractivity contribution in [1.29, 1.82) is 0 Å². The summed E-state index contributed by atoms with van der Waals surface area (Å²) >= 11 is 1.51. The van der Waals surface area contributed by atoms with E-state index in [0.29, 0.717) is 24.2 Å². The van der Waals surface area contributed by atoms with Crippen molar-refractivity contribution in [3.63, 3.8) is 0 Å². The highest BCUT2D eigenvalue weighted by atomic mass is 32.2. The number of unbranched alkanes of at least 4 members (excludes halogenated alkanes) is 3. The van der Waals surface area contributed by atoms with Crippen LogP contribution in [0.1, 0.15) is 46.5 Å². The summed E-state index contributed by atoms with van der Waals surface area (Å²) in [5.74, 6) is 0.198. The molecule has 28 heavy (non-hydrogen) atoms. The Morgan fingerprint density at radius 3 is 2.71 bits per heavy atom. The molecule has 0 aliphatic carbocycles. The number of nitrogens with zero attached hydrogens (tertiary/aromatic N) is 1. The van der Waals surface area contributed by atoms with Crippen LogP contribution < -0.4 is 0 Å². The zero-order chi connectivity index (χ0) is 21.0. The topological polar surface area (TPSA) is 96.7 Å². The number of hydrogen-bond acceptors (Lipinski definition) is 6. The normalized spacial score (nSPS) is 14.2. The Bertz CT molecular complexity index is 693. The van der Waals surface area contributed by atoms with Crippen LogP contribution in [0.2, 0.25) is 0 Å². The van der Waals surface area contributed by atoms with Crippen molar-refractivity contribution in [3.8, 4) is 5.75 Å². The van der Waals surface area contributed by atoms with E-state index in [0.717, 1.165) is 25.0 Å². The summed E-state index contributed by atoms with van der Waals surface area (Å²) in [6.07, 6.45) is 7.10. The van der Waals surface area contributed by atoms with Crippen LogP contribution in [0, 0.1) is 5.92 Å². The predicted octanol–water partition coefficient (Wildman–Crippen LogP) is 5.42. The van der Waals surface area contributed by atoms with Crippen LogP contribution in [-0.2, 0) is 13.9 Å². The highest BCUT2D eigenvalue weighted by molar-refractivity contribution is 7.99. The van der Waals surface area contributed by atoms with E-state index in [1.807, 2.05) is 13.8 Å². The molecule has 0 bridgehead atoms. The Labute approximate surface area is 172 Å². The van der Waals surface area contributed by atoms with Crippen LogP contribution in [0.25, 0.3) is 0 Å². The highest BCUT2D eigenvalue weighted by Gasteiger charge is 2.27. The summed E-state index contributed by atoms with van der Waals surface area (Å²) in [6.45, 7) is 6.01. The Kier molecular flexibility index (Phi) is 11.5. The van der Waals surface area contributed by atoms with Gasteiger partial charge in [0, 0.05) is 17.9 Å². The molecule has 0 radical (unpaired) electrons. The number of aliphatic carboxylic acids is 1. The molecule has 0 amide bonds. The van der Waals surface area contributed by atoms with Gasteiger partial charge in [-0.2, -0.15) is 0 Å². The van der Waals surface area contributed by atoms with Crippen molar-refractivity contribution in [2.75, 3.05) is 24.7 Å². The van der Waals surface area contributed by atoms with E-state index in [4.69, 9.17) is 4.52 Å². The van der Waals surface area contributed by atoms with E-state index in [9.17, 15) is 19.6 Å². The molecule has 158 valence electrons. The van der Waals surface area contributed by atoms with E-state index < -0.39 is 13.3 Å². The minimum Gasteiger partial charge on any atom is -0.505 e. The average Bonchev–Trinajstić information content (AvgIpc) is 2.60. The van der Waals surface area contributed by atoms with E-state index >= 15 is 0 Å². The summed E-state index contributed by atoms with van der Waals surface area (Å²) < 4.78 is 18.4. The Hall–Kier alpha value is -1.30. The molecule has 1 unspecified atom stereocenters. The van der Waals surface area contributed by atoms with Crippen LogP contribution in [0.4, 0.5) is 0 Å². The first-order valence-corrected chi connectivity index (χ1v) is 12.7. The molecule has 2 N–H and O–H groups in total. The van der Waals surface area contributed by atoms with Crippen molar-refractivity contribution >= 4 is 25.1 Å². The highest BCUT2D eigenvalue weighted by Crippen LogP contribution is 2.50. The molecule has 0 fully saturated rings. The molecule has 1 heterocycles. The smallest absolute Gasteiger partial charge is 0.331 e. The molecule has 0 saturated heterocycles. The maximum Gasteiger partial charge on any atom is 0.331 e. The predicted molar refractivity (Wildman–Crippen MR) is 115 cm³/mol. The van der Waals surface area contributed by atoms with Crippen LogP contribution in [0.3, 0.4) is 0 Å². The van der Waals surface area contributed by atoms with Gasteiger partial charge in [0.1, 0.15) is 10.8 Å². The monoisotopic (exact) mass is 429 g/mol. The largest absolute Gasteiger partial charge is 0.505 e. The maximum atomic E-state index is 12.9. The first kappa shape index (κ1) is 24.7. The quantitative estimate of drug-likeness (QED) is 0.176. The number of carbonyl (C=O) groups is 1. The number of aromatic nitrogens is 1. The second-order valence-electron chi connectivity index (χ2n) is 7.03. The van der Waals surface area contributed by atoms with Gasteiger partial charge < -0.3 is 14.7 Å². The fourth-order valence-electron chi connectivity index (χ4n) is 2.80. The molecule has 1 atom stereocenters. The molecule has 0 aromatic carbocycles. The summed E-state index contributed by atoms with van der Waals surface area (Å²) in [5.41, 5.74) is 0.185. The summed E-state index contributed by atoms with van der Waals surface area (Å²) in [7, 11) is -2.97. The molecule has 6 nitrogen and oxygen atoms in total. The van der Waals surface area contributed by atoms with Crippen LogP contribution in [-0.4, -0.2) is 45.8 Å². The van der Waals surface area contributed by atoms with Gasteiger partial charge in [-0.25, -0.2) is 9.78 Å². The van der Waals surface area contributed by atoms with Crippen LogP contribution >= 0.6 is 19.1 Å². The third kappa shape index (κ3) is 9.76. The number of aromatic hydroxyl groups is 1.